The minimum Gasteiger partial charge on any atom is -0.494 e. The van der Waals surface area contributed by atoms with E-state index in [2.05, 4.69) is 24.5 Å². The highest BCUT2D eigenvalue weighted by atomic mass is 32.2. The molecule has 10 nitrogen and oxygen atoms in total. The molecule has 0 radical (unpaired) electrons. The zero-order valence-electron chi connectivity index (χ0n) is 29.1. The maximum atomic E-state index is 13.6. The van der Waals surface area contributed by atoms with Crippen molar-refractivity contribution >= 4 is 27.6 Å². The number of carboxylic acids is 1. The number of amides is 2. The minimum atomic E-state index is -3.04. The van der Waals surface area contributed by atoms with Gasteiger partial charge in [0, 0.05) is 13.5 Å². The zero-order valence-corrected chi connectivity index (χ0v) is 29.9. The van der Waals surface area contributed by atoms with Crippen molar-refractivity contribution in [2.24, 2.45) is 5.92 Å². The van der Waals surface area contributed by atoms with E-state index in [4.69, 9.17) is 4.74 Å². The molecular weight excluding hydrogens is 620 g/mol. The number of carboxylic acid groups (broad SMARTS) is 1. The molecule has 268 valence electrons. The van der Waals surface area contributed by atoms with Gasteiger partial charge in [0.1, 0.15) is 21.6 Å². The van der Waals surface area contributed by atoms with E-state index in [1.54, 1.807) is 25.1 Å². The second kappa shape index (κ2) is 23.4. The summed E-state index contributed by atoms with van der Waals surface area (Å²) in [6, 6.07) is 6.24. The first-order chi connectivity index (χ1) is 22.4. The van der Waals surface area contributed by atoms with Crippen LogP contribution in [0.2, 0.25) is 0 Å². The van der Waals surface area contributed by atoms with Gasteiger partial charge in [-0.15, -0.1) is 0 Å². The molecule has 1 rings (SSSR count). The highest BCUT2D eigenvalue weighted by molar-refractivity contribution is 7.91. The molecule has 0 unspecified atom stereocenters. The Hall–Kier alpha value is -2.92. The Labute approximate surface area is 283 Å². The van der Waals surface area contributed by atoms with Crippen LogP contribution in [-0.2, 0) is 30.6 Å². The highest BCUT2D eigenvalue weighted by Gasteiger charge is 2.46. The van der Waals surface area contributed by atoms with Gasteiger partial charge in [-0.1, -0.05) is 96.4 Å². The lowest BCUT2D eigenvalue weighted by molar-refractivity contribution is -0.167. The molecule has 47 heavy (non-hydrogen) atoms. The molecule has 0 spiro atoms. The molecule has 0 heterocycles. The summed E-state index contributed by atoms with van der Waals surface area (Å²) < 4.78 is 30.3. The number of rotatable bonds is 27. The standard InChI is InChI=1S/C36H60N2O8S/c1-5-8-10-14-17-26-47(44,45)27-18-15-12-11-13-16-19-31(36(43,24-7-3)35(41)42)33(39)38-32(34(40)37-4)28-29-20-22-30(23-21-29)46-25-9-6-2/h16,19-23,31-32,43H,5-15,17-18,24-28H2,1-4H3,(H,37,40)(H,38,39)(H,41,42)/b19-16+/t31-,32+,36+/m1/s1. The summed E-state index contributed by atoms with van der Waals surface area (Å²) in [6.45, 7) is 6.54. The van der Waals surface area contributed by atoms with Crippen molar-refractivity contribution in [2.75, 3.05) is 25.2 Å². The number of unbranched alkanes of at least 4 members (excludes halogenated alkanes) is 9. The maximum absolute atomic E-state index is 13.6. The van der Waals surface area contributed by atoms with Gasteiger partial charge in [-0.2, -0.15) is 0 Å². The number of nitrogens with one attached hydrogen (secondary N) is 2. The van der Waals surface area contributed by atoms with Crippen molar-refractivity contribution in [3.8, 4) is 5.75 Å². The maximum Gasteiger partial charge on any atom is 0.336 e. The minimum absolute atomic E-state index is 0.151. The number of carbonyl (C=O) groups excluding carboxylic acids is 2. The van der Waals surface area contributed by atoms with Crippen LogP contribution in [-0.4, -0.2) is 73.2 Å². The number of ether oxygens (including phenoxy) is 1. The molecule has 0 aromatic heterocycles. The van der Waals surface area contributed by atoms with Gasteiger partial charge in [-0.25, -0.2) is 13.2 Å². The molecule has 0 saturated heterocycles. The lowest BCUT2D eigenvalue weighted by atomic mass is 9.82. The smallest absolute Gasteiger partial charge is 0.336 e. The summed E-state index contributed by atoms with van der Waals surface area (Å²) in [5, 5.41) is 26.4. The highest BCUT2D eigenvalue weighted by Crippen LogP contribution is 2.27. The predicted octanol–water partition coefficient (Wildman–Crippen LogP) is 5.76. The molecule has 4 N–H and O–H groups in total. The van der Waals surface area contributed by atoms with Crippen molar-refractivity contribution in [2.45, 2.75) is 129 Å². The third kappa shape index (κ3) is 16.6. The molecule has 0 bridgehead atoms. The monoisotopic (exact) mass is 680 g/mol. The van der Waals surface area contributed by atoms with Crippen LogP contribution in [0.5, 0.6) is 5.75 Å². The Kier molecular flexibility index (Phi) is 21.0. The average molecular weight is 681 g/mol. The van der Waals surface area contributed by atoms with Crippen LogP contribution in [0.15, 0.2) is 36.4 Å². The summed E-state index contributed by atoms with van der Waals surface area (Å²) in [5.41, 5.74) is -1.58. The second-order valence-electron chi connectivity index (χ2n) is 12.4. The number of likely N-dealkylation sites (N-methyl/N-ethyl adjacent to an activating group) is 1. The van der Waals surface area contributed by atoms with Crippen LogP contribution in [0.1, 0.15) is 116 Å². The van der Waals surface area contributed by atoms with Crippen molar-refractivity contribution in [1.29, 1.82) is 0 Å². The average Bonchev–Trinajstić information content (AvgIpc) is 3.04. The lowest BCUT2D eigenvalue weighted by Gasteiger charge is -2.31. The fourth-order valence-electron chi connectivity index (χ4n) is 5.37. The van der Waals surface area contributed by atoms with Gasteiger partial charge >= 0.3 is 5.97 Å². The van der Waals surface area contributed by atoms with Gasteiger partial charge in [-0.3, -0.25) is 9.59 Å². The number of benzene rings is 1. The van der Waals surface area contributed by atoms with E-state index in [1.165, 1.54) is 13.1 Å². The molecule has 0 aliphatic rings. The van der Waals surface area contributed by atoms with Crippen LogP contribution in [0.25, 0.3) is 0 Å². The fraction of sp³-hybridized carbons (Fsp3) is 0.694. The molecule has 0 fully saturated rings. The molecule has 0 aliphatic heterocycles. The summed E-state index contributed by atoms with van der Waals surface area (Å²) in [4.78, 5) is 38.6. The molecule has 2 amide bonds. The number of aliphatic hydroxyl groups is 1. The van der Waals surface area contributed by atoms with E-state index >= 15 is 0 Å². The fourth-order valence-corrected chi connectivity index (χ4v) is 6.87. The van der Waals surface area contributed by atoms with Gasteiger partial charge < -0.3 is 25.6 Å². The Balaban J connectivity index is 2.84. The quantitative estimate of drug-likeness (QED) is 0.0674. The van der Waals surface area contributed by atoms with E-state index in [0.717, 1.165) is 63.4 Å². The number of aliphatic carboxylic acids is 1. The molecular formula is C36H60N2O8S. The number of allylic oxidation sites excluding steroid dienone is 1. The van der Waals surface area contributed by atoms with Crippen molar-refractivity contribution in [1.82, 2.24) is 10.6 Å². The topological polar surface area (TPSA) is 159 Å². The van der Waals surface area contributed by atoms with Crippen molar-refractivity contribution in [3.63, 3.8) is 0 Å². The van der Waals surface area contributed by atoms with Crippen LogP contribution >= 0.6 is 0 Å². The molecule has 0 saturated carbocycles. The number of hydrogen-bond donors (Lipinski definition) is 4. The summed E-state index contributed by atoms with van der Waals surface area (Å²) in [7, 11) is -1.58. The molecule has 1 aromatic carbocycles. The molecule has 0 aliphatic carbocycles. The Morgan fingerprint density at radius 2 is 1.45 bits per heavy atom. The van der Waals surface area contributed by atoms with E-state index in [-0.39, 0.29) is 24.3 Å². The first-order valence-corrected chi connectivity index (χ1v) is 19.3. The largest absolute Gasteiger partial charge is 0.494 e. The van der Waals surface area contributed by atoms with Crippen molar-refractivity contribution in [3.05, 3.63) is 42.0 Å². The van der Waals surface area contributed by atoms with E-state index in [0.29, 0.717) is 38.0 Å². The van der Waals surface area contributed by atoms with Gasteiger partial charge in [0.25, 0.3) is 0 Å². The second-order valence-corrected chi connectivity index (χ2v) is 14.7. The normalized spacial score (nSPS) is 14.3. The van der Waals surface area contributed by atoms with E-state index in [9.17, 15) is 33.0 Å². The van der Waals surface area contributed by atoms with E-state index < -0.39 is 45.2 Å². The lowest BCUT2D eigenvalue weighted by Crippen LogP contribution is -2.55. The summed E-state index contributed by atoms with van der Waals surface area (Å²) >= 11 is 0. The Morgan fingerprint density at radius 1 is 0.851 bits per heavy atom. The van der Waals surface area contributed by atoms with Gasteiger partial charge in [0.2, 0.25) is 11.8 Å². The van der Waals surface area contributed by atoms with Crippen LogP contribution < -0.4 is 15.4 Å². The van der Waals surface area contributed by atoms with E-state index in [1.807, 2.05) is 12.1 Å². The SMILES string of the molecule is CCCCCCCS(=O)(=O)CCCCCC/C=C/[C@H](C(=O)N[C@@H](Cc1ccc(OCCCC)cc1)C(=O)NC)[C@@](O)(CCC)C(=O)O. The van der Waals surface area contributed by atoms with Gasteiger partial charge in [0.05, 0.1) is 24.0 Å². The van der Waals surface area contributed by atoms with Gasteiger partial charge in [-0.05, 0) is 56.2 Å². The number of hydrogen-bond acceptors (Lipinski definition) is 7. The van der Waals surface area contributed by atoms with Gasteiger partial charge in [0.15, 0.2) is 5.60 Å². The Morgan fingerprint density at radius 3 is 2.00 bits per heavy atom. The first kappa shape index (κ1) is 42.1. The van der Waals surface area contributed by atoms with Crippen molar-refractivity contribution < 1.29 is 37.8 Å². The van der Waals surface area contributed by atoms with Crippen LogP contribution in [0, 0.1) is 5.92 Å². The number of carbonyl (C=O) groups is 3. The zero-order chi connectivity index (χ0) is 35.1. The molecule has 3 atom stereocenters. The summed E-state index contributed by atoms with van der Waals surface area (Å²) in [5.74, 6) is -3.00. The predicted molar refractivity (Wildman–Crippen MR) is 187 cm³/mol. The number of sulfone groups is 1. The molecule has 1 aromatic rings. The Bertz CT molecular complexity index is 1190. The third-order valence-corrected chi connectivity index (χ3v) is 10.1. The molecule has 11 heteroatoms. The van der Waals surface area contributed by atoms with Crippen LogP contribution in [0.3, 0.4) is 0 Å². The third-order valence-electron chi connectivity index (χ3n) is 8.27. The van der Waals surface area contributed by atoms with Crippen LogP contribution in [0.4, 0.5) is 0 Å². The summed E-state index contributed by atoms with van der Waals surface area (Å²) in [6.07, 6.45) is 13.8. The first-order valence-electron chi connectivity index (χ1n) is 17.5.